The normalized spacial score (nSPS) is 14.7. The molecule has 5 unspecified atom stereocenters. The van der Waals surface area contributed by atoms with Crippen molar-refractivity contribution < 1.29 is 80.2 Å². The monoisotopic (exact) mass is 1470 g/mol. The van der Waals surface area contributed by atoms with Crippen LogP contribution in [0.1, 0.15) is 297 Å². The van der Waals surface area contributed by atoms with Crippen molar-refractivity contribution in [2.45, 2.75) is 316 Å². The van der Waals surface area contributed by atoms with Gasteiger partial charge in [0.2, 0.25) is 0 Å². The Morgan fingerprint density at radius 3 is 0.922 bits per heavy atom. The van der Waals surface area contributed by atoms with E-state index in [1.807, 2.05) is 12.2 Å². The Bertz CT molecular complexity index is 2510. The molecule has 17 nitrogen and oxygen atoms in total. The first kappa shape index (κ1) is 96.9. The molecule has 0 aliphatic rings. The van der Waals surface area contributed by atoms with Crippen molar-refractivity contribution in [1.29, 1.82) is 0 Å². The lowest BCUT2D eigenvalue weighted by Crippen LogP contribution is -2.30. The quantitative estimate of drug-likeness (QED) is 0.0169. The molecule has 0 aromatic rings. The molecule has 19 heteroatoms. The molecule has 0 aliphatic heterocycles. The number of esters is 4. The predicted molar refractivity (Wildman–Crippen MR) is 417 cm³/mol. The van der Waals surface area contributed by atoms with E-state index >= 15 is 0 Å². The van der Waals surface area contributed by atoms with Crippen LogP contribution in [0.2, 0.25) is 0 Å². The molecule has 0 fully saturated rings. The summed E-state index contributed by atoms with van der Waals surface area (Å²) < 4.78 is 68.4. The topological polar surface area (TPSA) is 237 Å². The first-order chi connectivity index (χ1) is 49.7. The molecule has 582 valence electrons. The number of unbranched alkanes of at least 4 members (excludes halogenated alkanes) is 23. The molecule has 0 amide bonds. The maximum Gasteiger partial charge on any atom is 0.472 e. The van der Waals surface area contributed by atoms with E-state index in [9.17, 15) is 43.2 Å². The van der Waals surface area contributed by atoms with Gasteiger partial charge in [0.05, 0.1) is 32.8 Å². The van der Waals surface area contributed by atoms with E-state index in [2.05, 4.69) is 149 Å². The molecule has 0 aromatic carbocycles. The van der Waals surface area contributed by atoms with E-state index in [4.69, 9.17) is 37.0 Å². The first-order valence-electron chi connectivity index (χ1n) is 39.1. The summed E-state index contributed by atoms with van der Waals surface area (Å²) in [5.41, 5.74) is 0. The van der Waals surface area contributed by atoms with Gasteiger partial charge in [-0.3, -0.25) is 37.3 Å². The van der Waals surface area contributed by atoms with Crippen LogP contribution in [0.5, 0.6) is 0 Å². The van der Waals surface area contributed by atoms with Gasteiger partial charge >= 0.3 is 39.5 Å². The number of aliphatic hydroxyl groups excluding tert-OH is 1. The van der Waals surface area contributed by atoms with Gasteiger partial charge in [0.15, 0.2) is 12.2 Å². The summed E-state index contributed by atoms with van der Waals surface area (Å²) in [5, 5.41) is 10.6. The maximum atomic E-state index is 13.1. The van der Waals surface area contributed by atoms with Gasteiger partial charge in [0.1, 0.15) is 19.3 Å². The number of ether oxygens (including phenoxy) is 4. The second-order valence-electron chi connectivity index (χ2n) is 25.5. The Balaban J connectivity index is 5.44. The fourth-order valence-electron chi connectivity index (χ4n) is 9.91. The predicted octanol–water partition coefficient (Wildman–Crippen LogP) is 22.7. The minimum absolute atomic E-state index is 0.0716. The Morgan fingerprint density at radius 2 is 0.569 bits per heavy atom. The summed E-state index contributed by atoms with van der Waals surface area (Å²) in [4.78, 5) is 72.9. The van der Waals surface area contributed by atoms with Crippen LogP contribution < -0.4 is 0 Å². The van der Waals surface area contributed by atoms with E-state index in [0.29, 0.717) is 25.7 Å². The number of aliphatic hydroxyl groups is 1. The zero-order valence-corrected chi connectivity index (χ0v) is 65.3. The molecule has 102 heavy (non-hydrogen) atoms. The van der Waals surface area contributed by atoms with Crippen molar-refractivity contribution in [2.75, 3.05) is 39.6 Å². The molecule has 3 N–H and O–H groups in total. The fraction of sp³-hybridized carbons (Fsp3) is 0.663. The van der Waals surface area contributed by atoms with Crippen molar-refractivity contribution in [1.82, 2.24) is 0 Å². The minimum atomic E-state index is -5.01. The molecular weight excluding hydrogens is 1330 g/mol. The van der Waals surface area contributed by atoms with E-state index < -0.39 is 97.5 Å². The van der Waals surface area contributed by atoms with E-state index in [0.717, 1.165) is 180 Å². The standard InChI is InChI=1S/C83H138O17P2/c1-5-9-13-17-21-25-29-33-36-37-38-39-42-45-48-52-56-60-64-68-81(86)94-74-79(100-83(88)70-66-62-58-54-50-46-41-35-31-27-23-19-15-11-7-3)76-98-102(91,92)96-72-77(84)71-95-101(89,90)97-75-78(99-82(87)69-65-61-57-53-49-43-32-28-24-20-16-12-8-4)73-93-80(85)67-63-59-55-51-47-44-40-34-30-26-22-18-14-10-6-2/h9,11,13,15-16,20-21,23,25,27-28,32-36,38-41,50,54,62,66,77-79,84H,5-8,10,12,14,17-19,22,24,26,29-31,37,42-49,51-53,55-61,63-65,67-76H2,1-4H3,(H,89,90)(H,91,92)/b13-9-,15-11-,20-16-,25-21-,27-23-,32-28-,36-33-,39-38-,40-34-,41-35-,54-50-,66-62-. The van der Waals surface area contributed by atoms with Crippen LogP contribution in [-0.4, -0.2) is 96.7 Å². The summed E-state index contributed by atoms with van der Waals surface area (Å²) >= 11 is 0. The SMILES string of the molecule is CC/C=C\C/C=C\C/C=C\C/C=C\C/C=C\CC(=O)OC(COC(=O)CCCCCCCC/C=C\C/C=C\C/C=C\C/C=C\CC)COP(=O)(O)OCC(O)COP(=O)(O)OCC(COC(=O)CCCCCCC/C=C\CCCCCCCC)OC(=O)CCCCCCC/C=C\C/C=C\CCC. The number of hydrogen-bond donors (Lipinski definition) is 3. The van der Waals surface area contributed by atoms with Gasteiger partial charge in [-0.1, -0.05) is 276 Å². The highest BCUT2D eigenvalue weighted by atomic mass is 31.2. The van der Waals surface area contributed by atoms with Crippen LogP contribution in [0, 0.1) is 0 Å². The van der Waals surface area contributed by atoms with Crippen LogP contribution >= 0.6 is 15.6 Å². The van der Waals surface area contributed by atoms with Crippen molar-refractivity contribution >= 4 is 39.5 Å². The number of rotatable bonds is 72. The number of allylic oxidation sites excluding steroid dienone is 23. The van der Waals surface area contributed by atoms with E-state index in [1.165, 1.54) is 38.5 Å². The average molecular weight is 1470 g/mol. The highest BCUT2D eigenvalue weighted by molar-refractivity contribution is 7.47. The number of carbonyl (C=O) groups excluding carboxylic acids is 4. The molecule has 0 heterocycles. The molecule has 0 bridgehead atoms. The van der Waals surface area contributed by atoms with Crippen molar-refractivity contribution in [3.8, 4) is 0 Å². The fourth-order valence-corrected chi connectivity index (χ4v) is 11.5. The van der Waals surface area contributed by atoms with Crippen LogP contribution in [0.15, 0.2) is 146 Å². The highest BCUT2D eigenvalue weighted by Crippen LogP contribution is 2.45. The Hall–Kier alpha value is -5.06. The Morgan fingerprint density at radius 1 is 0.294 bits per heavy atom. The van der Waals surface area contributed by atoms with E-state index in [1.54, 1.807) is 12.2 Å². The molecular formula is C83H138O17P2. The molecule has 0 saturated heterocycles. The average Bonchev–Trinajstić information content (AvgIpc) is 0.907. The maximum absolute atomic E-state index is 13.1. The summed E-state index contributed by atoms with van der Waals surface area (Å²) in [6, 6.07) is 0. The van der Waals surface area contributed by atoms with Crippen molar-refractivity contribution in [3.63, 3.8) is 0 Å². The summed E-state index contributed by atoms with van der Waals surface area (Å²) in [6.07, 6.45) is 84.4. The molecule has 0 saturated carbocycles. The second-order valence-corrected chi connectivity index (χ2v) is 28.5. The highest BCUT2D eigenvalue weighted by Gasteiger charge is 2.30. The van der Waals surface area contributed by atoms with Crippen molar-refractivity contribution in [2.24, 2.45) is 0 Å². The number of carbonyl (C=O) groups is 4. The smallest absolute Gasteiger partial charge is 0.462 e. The summed E-state index contributed by atoms with van der Waals surface area (Å²) in [7, 11) is -10.0. The first-order valence-corrected chi connectivity index (χ1v) is 42.1. The zero-order valence-electron chi connectivity index (χ0n) is 63.5. The third kappa shape index (κ3) is 73.3. The Labute approximate surface area is 617 Å². The lowest BCUT2D eigenvalue weighted by atomic mass is 10.1. The summed E-state index contributed by atoms with van der Waals surface area (Å²) in [6.45, 7) is 4.42. The lowest BCUT2D eigenvalue weighted by Gasteiger charge is -2.21. The molecule has 5 atom stereocenters. The minimum Gasteiger partial charge on any atom is -0.462 e. The van der Waals surface area contributed by atoms with Crippen LogP contribution in [0.25, 0.3) is 0 Å². The van der Waals surface area contributed by atoms with Gasteiger partial charge in [-0.05, 0) is 141 Å². The van der Waals surface area contributed by atoms with Gasteiger partial charge in [-0.25, -0.2) is 9.13 Å². The third-order valence-electron chi connectivity index (χ3n) is 15.8. The van der Waals surface area contributed by atoms with Gasteiger partial charge in [0.25, 0.3) is 0 Å². The zero-order chi connectivity index (χ0) is 74.6. The molecule has 0 aliphatic carbocycles. The lowest BCUT2D eigenvalue weighted by molar-refractivity contribution is -0.161. The molecule has 0 aromatic heterocycles. The Kier molecular flexibility index (Phi) is 70.5. The van der Waals surface area contributed by atoms with Gasteiger partial charge in [-0.15, -0.1) is 0 Å². The van der Waals surface area contributed by atoms with Gasteiger partial charge in [0, 0.05) is 19.3 Å². The van der Waals surface area contributed by atoms with Crippen LogP contribution in [0.3, 0.4) is 0 Å². The van der Waals surface area contributed by atoms with E-state index in [-0.39, 0.29) is 25.7 Å². The van der Waals surface area contributed by atoms with Crippen LogP contribution in [-0.2, 0) is 65.4 Å². The van der Waals surface area contributed by atoms with Crippen molar-refractivity contribution in [3.05, 3.63) is 146 Å². The van der Waals surface area contributed by atoms with Gasteiger partial charge < -0.3 is 33.8 Å². The molecule has 0 rings (SSSR count). The summed E-state index contributed by atoms with van der Waals surface area (Å²) in [5.74, 6) is -2.37. The van der Waals surface area contributed by atoms with Gasteiger partial charge in [-0.2, -0.15) is 0 Å². The number of phosphoric acid groups is 2. The molecule has 0 radical (unpaired) electrons. The molecule has 0 spiro atoms. The van der Waals surface area contributed by atoms with Crippen LogP contribution in [0.4, 0.5) is 0 Å². The largest absolute Gasteiger partial charge is 0.472 e. The second kappa shape index (κ2) is 74.2. The number of hydrogen-bond acceptors (Lipinski definition) is 15. The third-order valence-corrected chi connectivity index (χ3v) is 17.7. The number of phosphoric ester groups is 2.